The first-order valence-corrected chi connectivity index (χ1v) is 8.55. The largest absolute Gasteiger partial charge is 0.492 e. The second-order valence-electron chi connectivity index (χ2n) is 5.85. The fraction of sp³-hybridized carbons (Fsp3) is 0.412. The van der Waals surface area contributed by atoms with Gasteiger partial charge >= 0.3 is 0 Å². The molecule has 22 heavy (non-hydrogen) atoms. The lowest BCUT2D eigenvalue weighted by atomic mass is 9.84. The molecule has 0 spiro atoms. The molecule has 0 saturated carbocycles. The summed E-state index contributed by atoms with van der Waals surface area (Å²) in [6.07, 6.45) is 0. The van der Waals surface area contributed by atoms with Crippen LogP contribution in [0, 0.1) is 5.41 Å². The van der Waals surface area contributed by atoms with Crippen LogP contribution in [0.4, 0.5) is 0 Å². The number of nitrogens with one attached hydrogen (secondary N) is 1. The van der Waals surface area contributed by atoms with Crippen molar-refractivity contribution in [2.45, 2.75) is 19.9 Å². The highest BCUT2D eigenvalue weighted by Gasteiger charge is 2.30. The first-order valence-electron chi connectivity index (χ1n) is 7.29. The van der Waals surface area contributed by atoms with Crippen molar-refractivity contribution >= 4 is 22.9 Å². The van der Waals surface area contributed by atoms with E-state index in [0.717, 1.165) is 5.75 Å². The molecule has 2 aromatic rings. The molecule has 3 nitrogen and oxygen atoms in total. The minimum atomic E-state index is -0.231. The van der Waals surface area contributed by atoms with Gasteiger partial charge in [-0.2, -0.15) is 0 Å². The Bertz CT molecular complexity index is 555. The van der Waals surface area contributed by atoms with E-state index in [2.05, 4.69) is 30.6 Å². The van der Waals surface area contributed by atoms with E-state index in [1.54, 1.807) is 11.3 Å². The van der Waals surface area contributed by atoms with Crippen LogP contribution in [0.15, 0.2) is 41.8 Å². The van der Waals surface area contributed by atoms with Crippen LogP contribution in [0.2, 0.25) is 5.02 Å². The molecule has 0 aliphatic heterocycles. The summed E-state index contributed by atoms with van der Waals surface area (Å²) in [6, 6.07) is 11.6. The third-order valence-electron chi connectivity index (χ3n) is 3.55. The number of hydrogen-bond acceptors (Lipinski definition) is 4. The highest BCUT2D eigenvalue weighted by atomic mass is 35.5. The van der Waals surface area contributed by atoms with Gasteiger partial charge in [-0.3, -0.25) is 0 Å². The van der Waals surface area contributed by atoms with Gasteiger partial charge in [0.25, 0.3) is 0 Å². The minimum absolute atomic E-state index is 0.103. The fourth-order valence-electron chi connectivity index (χ4n) is 2.21. The lowest BCUT2D eigenvalue weighted by Gasteiger charge is -2.33. The summed E-state index contributed by atoms with van der Waals surface area (Å²) in [5.41, 5.74) is -0.231. The van der Waals surface area contributed by atoms with Gasteiger partial charge < -0.3 is 15.2 Å². The van der Waals surface area contributed by atoms with Crippen LogP contribution >= 0.6 is 22.9 Å². The predicted molar refractivity (Wildman–Crippen MR) is 92.9 cm³/mol. The van der Waals surface area contributed by atoms with Crippen molar-refractivity contribution in [2.24, 2.45) is 5.41 Å². The topological polar surface area (TPSA) is 41.5 Å². The third-order valence-corrected chi connectivity index (χ3v) is 4.74. The van der Waals surface area contributed by atoms with Crippen LogP contribution < -0.4 is 10.1 Å². The summed E-state index contributed by atoms with van der Waals surface area (Å²) in [5, 5.41) is 15.9. The van der Waals surface area contributed by atoms with Crippen molar-refractivity contribution in [3.63, 3.8) is 0 Å². The number of halogens is 1. The van der Waals surface area contributed by atoms with Crippen LogP contribution in [0.3, 0.4) is 0 Å². The zero-order chi connectivity index (χ0) is 16.0. The standard InChI is InChI=1S/C17H22ClNO2S/c1-17(2,12-20)16(15-4-3-11-22-15)19-9-10-21-14-7-5-13(18)6-8-14/h3-8,11,16,19-20H,9-10,12H2,1-2H3. The van der Waals surface area contributed by atoms with Crippen molar-refractivity contribution in [2.75, 3.05) is 19.8 Å². The van der Waals surface area contributed by atoms with Gasteiger partial charge in [-0.15, -0.1) is 11.3 Å². The van der Waals surface area contributed by atoms with E-state index >= 15 is 0 Å². The molecule has 0 saturated heterocycles. The van der Waals surface area contributed by atoms with Crippen molar-refractivity contribution in [1.29, 1.82) is 0 Å². The van der Waals surface area contributed by atoms with E-state index in [0.29, 0.717) is 18.2 Å². The highest BCUT2D eigenvalue weighted by Crippen LogP contribution is 2.35. The number of thiophene rings is 1. The van der Waals surface area contributed by atoms with E-state index in [1.165, 1.54) is 4.88 Å². The van der Waals surface area contributed by atoms with Gasteiger partial charge in [-0.25, -0.2) is 0 Å². The van der Waals surface area contributed by atoms with Crippen molar-refractivity contribution < 1.29 is 9.84 Å². The number of ether oxygens (including phenoxy) is 1. The molecular formula is C17H22ClNO2S. The number of benzene rings is 1. The fourth-order valence-corrected chi connectivity index (χ4v) is 3.35. The Labute approximate surface area is 140 Å². The molecule has 1 aromatic carbocycles. The van der Waals surface area contributed by atoms with Gasteiger partial charge in [0.1, 0.15) is 12.4 Å². The lowest BCUT2D eigenvalue weighted by molar-refractivity contribution is 0.114. The maximum atomic E-state index is 9.64. The summed E-state index contributed by atoms with van der Waals surface area (Å²) in [4.78, 5) is 1.23. The molecule has 1 atom stereocenters. The molecule has 0 fully saturated rings. The van der Waals surface area contributed by atoms with Crippen molar-refractivity contribution in [1.82, 2.24) is 5.32 Å². The second-order valence-corrected chi connectivity index (χ2v) is 7.27. The second kappa shape index (κ2) is 7.97. The first-order chi connectivity index (χ1) is 10.5. The Kier molecular flexibility index (Phi) is 6.26. The molecule has 0 amide bonds. The van der Waals surface area contributed by atoms with E-state index in [-0.39, 0.29) is 18.1 Å². The van der Waals surface area contributed by atoms with Gasteiger partial charge in [0.05, 0.1) is 6.61 Å². The lowest BCUT2D eigenvalue weighted by Crippen LogP contribution is -2.38. The average Bonchev–Trinajstić information content (AvgIpc) is 3.02. The van der Waals surface area contributed by atoms with Gasteiger partial charge in [0, 0.05) is 27.9 Å². The molecule has 5 heteroatoms. The van der Waals surface area contributed by atoms with Crippen LogP contribution in [-0.2, 0) is 0 Å². The van der Waals surface area contributed by atoms with Gasteiger partial charge in [0.2, 0.25) is 0 Å². The molecule has 1 unspecified atom stereocenters. The van der Waals surface area contributed by atoms with Crippen LogP contribution in [-0.4, -0.2) is 24.9 Å². The highest BCUT2D eigenvalue weighted by molar-refractivity contribution is 7.10. The maximum absolute atomic E-state index is 9.64. The van der Waals surface area contributed by atoms with E-state index in [9.17, 15) is 5.11 Å². The quantitative estimate of drug-likeness (QED) is 0.710. The number of aliphatic hydroxyl groups excluding tert-OH is 1. The molecule has 0 bridgehead atoms. The van der Waals surface area contributed by atoms with E-state index in [4.69, 9.17) is 16.3 Å². The normalized spacial score (nSPS) is 13.1. The Morgan fingerprint density at radius 2 is 2.00 bits per heavy atom. The smallest absolute Gasteiger partial charge is 0.119 e. The molecule has 2 rings (SSSR count). The molecule has 0 aliphatic carbocycles. The van der Waals surface area contributed by atoms with Gasteiger partial charge in [0.15, 0.2) is 0 Å². The molecular weight excluding hydrogens is 318 g/mol. The minimum Gasteiger partial charge on any atom is -0.492 e. The van der Waals surface area contributed by atoms with Crippen LogP contribution in [0.1, 0.15) is 24.8 Å². The zero-order valence-corrected chi connectivity index (χ0v) is 14.5. The average molecular weight is 340 g/mol. The number of hydrogen-bond donors (Lipinski definition) is 2. The summed E-state index contributed by atoms with van der Waals surface area (Å²) in [6.45, 7) is 5.51. The van der Waals surface area contributed by atoms with Crippen LogP contribution in [0.25, 0.3) is 0 Å². The van der Waals surface area contributed by atoms with Crippen molar-refractivity contribution in [3.05, 3.63) is 51.7 Å². The van der Waals surface area contributed by atoms with E-state index < -0.39 is 0 Å². The Morgan fingerprint density at radius 3 is 2.59 bits per heavy atom. The maximum Gasteiger partial charge on any atom is 0.119 e. The predicted octanol–water partition coefficient (Wildman–Crippen LogP) is 4.13. The number of aliphatic hydroxyl groups is 1. The summed E-state index contributed by atoms with van der Waals surface area (Å²) in [5.74, 6) is 0.806. The molecule has 1 aromatic heterocycles. The SMILES string of the molecule is CC(C)(CO)C(NCCOc1ccc(Cl)cc1)c1cccs1. The Morgan fingerprint density at radius 1 is 1.27 bits per heavy atom. The molecule has 1 heterocycles. The molecule has 120 valence electrons. The third kappa shape index (κ3) is 4.71. The monoisotopic (exact) mass is 339 g/mol. The Balaban J connectivity index is 1.88. The first kappa shape index (κ1) is 17.3. The van der Waals surface area contributed by atoms with Crippen LogP contribution in [0.5, 0.6) is 5.75 Å². The molecule has 2 N–H and O–H groups in total. The summed E-state index contributed by atoms with van der Waals surface area (Å²) in [7, 11) is 0. The van der Waals surface area contributed by atoms with Gasteiger partial charge in [-0.1, -0.05) is 31.5 Å². The van der Waals surface area contributed by atoms with E-state index in [1.807, 2.05) is 30.3 Å². The summed E-state index contributed by atoms with van der Waals surface area (Å²) < 4.78 is 5.69. The Hall–Kier alpha value is -1.07. The van der Waals surface area contributed by atoms with Crippen molar-refractivity contribution in [3.8, 4) is 5.75 Å². The molecule has 0 aliphatic rings. The van der Waals surface area contributed by atoms with Gasteiger partial charge in [-0.05, 0) is 35.7 Å². The number of rotatable bonds is 8. The zero-order valence-electron chi connectivity index (χ0n) is 12.9. The molecule has 0 radical (unpaired) electrons. The summed E-state index contributed by atoms with van der Waals surface area (Å²) >= 11 is 7.55.